The first-order valence-corrected chi connectivity index (χ1v) is 9.69. The lowest BCUT2D eigenvalue weighted by Gasteiger charge is -2.22. The summed E-state index contributed by atoms with van der Waals surface area (Å²) in [5, 5.41) is 14.9. The number of amides is 1. The number of unbranched alkanes of at least 4 members (excludes halogenated alkanes) is 1. The molecule has 6 nitrogen and oxygen atoms in total. The second kappa shape index (κ2) is 8.48. The summed E-state index contributed by atoms with van der Waals surface area (Å²) in [6, 6.07) is 7.99. The standard InChI is InChI=1S/C21H28N4O2/c1-4-5-12-24(13-14-26)20(27)11-10-17-15(2)22-21-18-8-6-7-9-19(18)23-25(21)16(17)3/h6-9,26H,4-5,10-14H2,1-3H3. The van der Waals surface area contributed by atoms with Gasteiger partial charge in [-0.25, -0.2) is 9.50 Å². The predicted molar refractivity (Wildman–Crippen MR) is 107 cm³/mol. The molecule has 0 radical (unpaired) electrons. The van der Waals surface area contributed by atoms with E-state index in [0.29, 0.717) is 25.9 Å². The van der Waals surface area contributed by atoms with Crippen LogP contribution in [-0.4, -0.2) is 50.2 Å². The number of nitrogens with zero attached hydrogens (tertiary/aromatic N) is 4. The van der Waals surface area contributed by atoms with Gasteiger partial charge in [-0.2, -0.15) is 5.10 Å². The molecule has 3 aromatic rings. The highest BCUT2D eigenvalue weighted by molar-refractivity contribution is 5.92. The fourth-order valence-corrected chi connectivity index (χ4v) is 3.56. The highest BCUT2D eigenvalue weighted by atomic mass is 16.3. The van der Waals surface area contributed by atoms with Crippen LogP contribution >= 0.6 is 0 Å². The van der Waals surface area contributed by atoms with Gasteiger partial charge >= 0.3 is 0 Å². The van der Waals surface area contributed by atoms with E-state index >= 15 is 0 Å². The van der Waals surface area contributed by atoms with Crippen LogP contribution in [0.4, 0.5) is 0 Å². The molecule has 0 bridgehead atoms. The molecule has 1 amide bonds. The molecule has 3 rings (SSSR count). The van der Waals surface area contributed by atoms with Gasteiger partial charge in [0.15, 0.2) is 5.65 Å². The van der Waals surface area contributed by atoms with E-state index in [2.05, 4.69) is 12.0 Å². The molecule has 0 spiro atoms. The average Bonchev–Trinajstić information content (AvgIpc) is 3.03. The van der Waals surface area contributed by atoms with Crippen molar-refractivity contribution in [2.45, 2.75) is 46.5 Å². The molecular weight excluding hydrogens is 340 g/mol. The smallest absolute Gasteiger partial charge is 0.222 e. The zero-order valence-corrected chi connectivity index (χ0v) is 16.4. The van der Waals surface area contributed by atoms with Crippen molar-refractivity contribution >= 4 is 22.5 Å². The van der Waals surface area contributed by atoms with E-state index < -0.39 is 0 Å². The van der Waals surface area contributed by atoms with Crippen molar-refractivity contribution < 1.29 is 9.90 Å². The topological polar surface area (TPSA) is 70.7 Å². The number of benzene rings is 1. The van der Waals surface area contributed by atoms with Gasteiger partial charge in [0, 0.05) is 36.3 Å². The molecule has 2 heterocycles. The van der Waals surface area contributed by atoms with Crippen molar-refractivity contribution in [2.75, 3.05) is 19.7 Å². The number of aliphatic hydroxyl groups is 1. The molecule has 0 saturated carbocycles. The average molecular weight is 368 g/mol. The van der Waals surface area contributed by atoms with Gasteiger partial charge < -0.3 is 10.0 Å². The number of aliphatic hydroxyl groups excluding tert-OH is 1. The first-order chi connectivity index (χ1) is 13.1. The summed E-state index contributed by atoms with van der Waals surface area (Å²) >= 11 is 0. The van der Waals surface area contributed by atoms with E-state index in [-0.39, 0.29) is 12.5 Å². The molecule has 0 aliphatic heterocycles. The fraction of sp³-hybridized carbons (Fsp3) is 0.476. The Morgan fingerprint density at radius 2 is 2.00 bits per heavy atom. The van der Waals surface area contributed by atoms with Crippen LogP contribution in [0.15, 0.2) is 24.3 Å². The lowest BCUT2D eigenvalue weighted by molar-refractivity contribution is -0.131. The summed E-state index contributed by atoms with van der Waals surface area (Å²) in [6.07, 6.45) is 3.03. The maximum Gasteiger partial charge on any atom is 0.222 e. The van der Waals surface area contributed by atoms with E-state index in [1.165, 1.54) is 0 Å². The minimum absolute atomic E-state index is 0.000894. The molecule has 0 unspecified atom stereocenters. The second-order valence-electron chi connectivity index (χ2n) is 6.97. The van der Waals surface area contributed by atoms with E-state index in [1.54, 1.807) is 4.90 Å². The zero-order valence-electron chi connectivity index (χ0n) is 16.4. The van der Waals surface area contributed by atoms with Gasteiger partial charge in [-0.15, -0.1) is 0 Å². The highest BCUT2D eigenvalue weighted by Gasteiger charge is 2.17. The number of rotatable bonds is 8. The van der Waals surface area contributed by atoms with Crippen molar-refractivity contribution in [3.8, 4) is 0 Å². The summed E-state index contributed by atoms with van der Waals surface area (Å²) in [4.78, 5) is 19.1. The van der Waals surface area contributed by atoms with Gasteiger partial charge in [-0.05, 0) is 44.4 Å². The first-order valence-electron chi connectivity index (χ1n) is 9.69. The van der Waals surface area contributed by atoms with Crippen molar-refractivity contribution in [1.82, 2.24) is 19.5 Å². The van der Waals surface area contributed by atoms with Gasteiger partial charge in [-0.1, -0.05) is 25.5 Å². The highest BCUT2D eigenvalue weighted by Crippen LogP contribution is 2.23. The molecule has 144 valence electrons. The molecule has 0 aliphatic rings. The number of hydrogen-bond acceptors (Lipinski definition) is 4. The summed E-state index contributed by atoms with van der Waals surface area (Å²) in [5.74, 6) is 0.0852. The Bertz CT molecular complexity index is 948. The molecule has 2 aromatic heterocycles. The minimum atomic E-state index is 0.000894. The predicted octanol–water partition coefficient (Wildman–Crippen LogP) is 3.05. The lowest BCUT2D eigenvalue weighted by Crippen LogP contribution is -2.34. The number of hydrogen-bond donors (Lipinski definition) is 1. The molecule has 1 aromatic carbocycles. The molecule has 27 heavy (non-hydrogen) atoms. The fourth-order valence-electron chi connectivity index (χ4n) is 3.56. The third-order valence-corrected chi connectivity index (χ3v) is 5.11. The van der Waals surface area contributed by atoms with E-state index in [1.807, 2.05) is 42.6 Å². The van der Waals surface area contributed by atoms with E-state index in [0.717, 1.165) is 46.3 Å². The number of aryl methyl sites for hydroxylation is 2. The Kier molecular flexibility index (Phi) is 6.06. The lowest BCUT2D eigenvalue weighted by atomic mass is 10.1. The second-order valence-corrected chi connectivity index (χ2v) is 6.97. The van der Waals surface area contributed by atoms with Crippen LogP contribution in [0.1, 0.15) is 43.1 Å². The van der Waals surface area contributed by atoms with Gasteiger partial charge in [0.05, 0.1) is 12.1 Å². The monoisotopic (exact) mass is 368 g/mol. The van der Waals surface area contributed by atoms with Crippen molar-refractivity contribution in [2.24, 2.45) is 0 Å². The third kappa shape index (κ3) is 3.95. The Morgan fingerprint density at radius 3 is 2.74 bits per heavy atom. The molecule has 0 atom stereocenters. The SMILES string of the molecule is CCCCN(CCO)C(=O)CCc1c(C)nc2c3ccccc3nn2c1C. The summed E-state index contributed by atoms with van der Waals surface area (Å²) in [7, 11) is 0. The molecular formula is C21H28N4O2. The number of carbonyl (C=O) groups excluding carboxylic acids is 1. The zero-order chi connectivity index (χ0) is 19.4. The van der Waals surface area contributed by atoms with Gasteiger partial charge in [-0.3, -0.25) is 4.79 Å². The van der Waals surface area contributed by atoms with Gasteiger partial charge in [0.1, 0.15) is 0 Å². The summed E-state index contributed by atoms with van der Waals surface area (Å²) in [6.45, 7) is 7.24. The Hall–Kier alpha value is -2.47. The maximum atomic E-state index is 12.6. The summed E-state index contributed by atoms with van der Waals surface area (Å²) < 4.78 is 1.89. The van der Waals surface area contributed by atoms with Crippen LogP contribution in [-0.2, 0) is 11.2 Å². The quantitative estimate of drug-likeness (QED) is 0.663. The maximum absolute atomic E-state index is 12.6. The molecule has 6 heteroatoms. The Morgan fingerprint density at radius 1 is 1.22 bits per heavy atom. The van der Waals surface area contributed by atoms with Crippen LogP contribution in [0.3, 0.4) is 0 Å². The molecule has 0 saturated heterocycles. The molecule has 1 N–H and O–H groups in total. The van der Waals surface area contributed by atoms with E-state index in [9.17, 15) is 9.90 Å². The Labute approximate surface area is 159 Å². The number of carbonyl (C=O) groups is 1. The largest absolute Gasteiger partial charge is 0.395 e. The van der Waals surface area contributed by atoms with Crippen LogP contribution in [0.5, 0.6) is 0 Å². The molecule has 0 fully saturated rings. The Balaban J connectivity index is 1.84. The third-order valence-electron chi connectivity index (χ3n) is 5.11. The van der Waals surface area contributed by atoms with Gasteiger partial charge in [0.25, 0.3) is 0 Å². The minimum Gasteiger partial charge on any atom is -0.395 e. The molecule has 0 aliphatic carbocycles. The normalized spacial score (nSPS) is 11.4. The van der Waals surface area contributed by atoms with E-state index in [4.69, 9.17) is 4.98 Å². The van der Waals surface area contributed by atoms with Crippen LogP contribution in [0.25, 0.3) is 16.6 Å². The van der Waals surface area contributed by atoms with Crippen molar-refractivity contribution in [3.05, 3.63) is 41.2 Å². The first kappa shape index (κ1) is 19.3. The number of aromatic nitrogens is 3. The van der Waals surface area contributed by atoms with Crippen molar-refractivity contribution in [1.29, 1.82) is 0 Å². The van der Waals surface area contributed by atoms with Crippen LogP contribution in [0.2, 0.25) is 0 Å². The van der Waals surface area contributed by atoms with Crippen LogP contribution in [0, 0.1) is 13.8 Å². The number of fused-ring (bicyclic) bond motifs is 3. The van der Waals surface area contributed by atoms with Gasteiger partial charge in [0.2, 0.25) is 5.91 Å². The van der Waals surface area contributed by atoms with Crippen LogP contribution < -0.4 is 0 Å². The van der Waals surface area contributed by atoms with Crippen molar-refractivity contribution in [3.63, 3.8) is 0 Å². The summed E-state index contributed by atoms with van der Waals surface area (Å²) in [5.41, 5.74) is 4.84.